The zero-order chi connectivity index (χ0) is 12.4. The highest BCUT2D eigenvalue weighted by Gasteiger charge is 2.26. The lowest BCUT2D eigenvalue weighted by Crippen LogP contribution is -2.36. The molecular weight excluding hydrogens is 210 g/mol. The number of carbonyl (C=O) groups is 1. The maximum absolute atomic E-state index is 11.9. The molecule has 1 saturated carbocycles. The monoisotopic (exact) mass is 231 g/mol. The highest BCUT2D eigenvalue weighted by atomic mass is 16.1. The van der Waals surface area contributed by atoms with Gasteiger partial charge in [-0.3, -0.25) is 4.79 Å². The average Bonchev–Trinajstić information content (AvgIpc) is 2.13. The Hall–Kier alpha value is -1.31. The van der Waals surface area contributed by atoms with E-state index in [9.17, 15) is 4.79 Å². The molecule has 1 aliphatic carbocycles. The van der Waals surface area contributed by atoms with Gasteiger partial charge in [0.25, 0.3) is 0 Å². The molecule has 1 aromatic rings. The Kier molecular flexibility index (Phi) is 3.51. The number of carbonyl (C=O) groups excluding carboxylic acids is 1. The molecule has 0 bridgehead atoms. The highest BCUT2D eigenvalue weighted by molar-refractivity contribution is 5.79. The van der Waals surface area contributed by atoms with Crippen LogP contribution >= 0.6 is 0 Å². The molecule has 92 valence electrons. The van der Waals surface area contributed by atoms with Crippen LogP contribution in [0.1, 0.15) is 48.9 Å². The fraction of sp³-hybridized carbons (Fsp3) is 0.533. The minimum absolute atomic E-state index is 0.115. The smallest absolute Gasteiger partial charge is 0.223 e. The second kappa shape index (κ2) is 4.91. The zero-order valence-electron chi connectivity index (χ0n) is 10.9. The molecule has 1 atom stereocenters. The van der Waals surface area contributed by atoms with Gasteiger partial charge in [0.1, 0.15) is 0 Å². The first-order valence-electron chi connectivity index (χ1n) is 6.45. The van der Waals surface area contributed by atoms with Crippen molar-refractivity contribution in [3.05, 3.63) is 34.9 Å². The van der Waals surface area contributed by atoms with Gasteiger partial charge >= 0.3 is 0 Å². The molecule has 0 aliphatic heterocycles. The summed E-state index contributed by atoms with van der Waals surface area (Å²) in [4.78, 5) is 11.9. The van der Waals surface area contributed by atoms with Gasteiger partial charge in [0.05, 0.1) is 6.04 Å². The minimum Gasteiger partial charge on any atom is -0.349 e. The van der Waals surface area contributed by atoms with E-state index in [0.29, 0.717) is 0 Å². The van der Waals surface area contributed by atoms with Crippen molar-refractivity contribution in [3.8, 4) is 0 Å². The molecule has 1 amide bonds. The lowest BCUT2D eigenvalue weighted by Gasteiger charge is -2.26. The van der Waals surface area contributed by atoms with Gasteiger partial charge in [-0.25, -0.2) is 0 Å². The highest BCUT2D eigenvalue weighted by Crippen LogP contribution is 2.27. The third-order valence-corrected chi connectivity index (χ3v) is 3.73. The third kappa shape index (κ3) is 2.68. The summed E-state index contributed by atoms with van der Waals surface area (Å²) in [6, 6.07) is 6.51. The van der Waals surface area contributed by atoms with Gasteiger partial charge in [-0.15, -0.1) is 0 Å². The Labute approximate surface area is 103 Å². The van der Waals surface area contributed by atoms with Crippen LogP contribution in [0.4, 0.5) is 0 Å². The Morgan fingerprint density at radius 2 is 2.06 bits per heavy atom. The van der Waals surface area contributed by atoms with Crippen molar-refractivity contribution < 1.29 is 4.79 Å². The molecule has 2 rings (SSSR count). The molecule has 1 fully saturated rings. The number of nitrogens with one attached hydrogen (secondary N) is 1. The molecule has 2 nitrogen and oxygen atoms in total. The van der Waals surface area contributed by atoms with Gasteiger partial charge in [-0.05, 0) is 44.7 Å². The number of rotatable bonds is 3. The van der Waals surface area contributed by atoms with Crippen molar-refractivity contribution in [2.75, 3.05) is 0 Å². The van der Waals surface area contributed by atoms with Crippen LogP contribution < -0.4 is 5.32 Å². The zero-order valence-corrected chi connectivity index (χ0v) is 10.9. The molecule has 0 saturated heterocycles. The summed E-state index contributed by atoms with van der Waals surface area (Å²) in [5.74, 6) is 0.493. The van der Waals surface area contributed by atoms with Crippen LogP contribution in [0.2, 0.25) is 0 Å². The van der Waals surface area contributed by atoms with Crippen LogP contribution in [0.3, 0.4) is 0 Å². The van der Waals surface area contributed by atoms with Gasteiger partial charge in [0, 0.05) is 5.92 Å². The van der Waals surface area contributed by atoms with Crippen LogP contribution in [0, 0.1) is 19.8 Å². The van der Waals surface area contributed by atoms with Crippen LogP contribution in [0.25, 0.3) is 0 Å². The van der Waals surface area contributed by atoms with E-state index in [4.69, 9.17) is 0 Å². The molecule has 0 radical (unpaired) electrons. The molecule has 0 aromatic heterocycles. The predicted molar refractivity (Wildman–Crippen MR) is 69.8 cm³/mol. The quantitative estimate of drug-likeness (QED) is 0.849. The van der Waals surface area contributed by atoms with E-state index in [-0.39, 0.29) is 17.9 Å². The van der Waals surface area contributed by atoms with Gasteiger partial charge in [-0.2, -0.15) is 0 Å². The summed E-state index contributed by atoms with van der Waals surface area (Å²) in [7, 11) is 0. The Bertz CT molecular complexity index is 421. The van der Waals surface area contributed by atoms with E-state index >= 15 is 0 Å². The van der Waals surface area contributed by atoms with E-state index < -0.39 is 0 Å². The van der Waals surface area contributed by atoms with Crippen molar-refractivity contribution in [3.63, 3.8) is 0 Å². The molecule has 17 heavy (non-hydrogen) atoms. The topological polar surface area (TPSA) is 29.1 Å². The summed E-state index contributed by atoms with van der Waals surface area (Å²) in [5, 5.41) is 3.12. The van der Waals surface area contributed by atoms with Crippen molar-refractivity contribution in [1.29, 1.82) is 0 Å². The molecule has 1 aromatic carbocycles. The van der Waals surface area contributed by atoms with E-state index in [1.807, 2.05) is 0 Å². The van der Waals surface area contributed by atoms with E-state index in [2.05, 4.69) is 44.3 Å². The lowest BCUT2D eigenvalue weighted by molar-refractivity contribution is -0.128. The summed E-state index contributed by atoms with van der Waals surface area (Å²) < 4.78 is 0. The Balaban J connectivity index is 2.03. The first-order chi connectivity index (χ1) is 8.08. The normalized spacial score (nSPS) is 17.4. The second-order valence-corrected chi connectivity index (χ2v) is 5.22. The summed E-state index contributed by atoms with van der Waals surface area (Å²) in [6.07, 6.45) is 3.33. The van der Waals surface area contributed by atoms with Crippen molar-refractivity contribution in [1.82, 2.24) is 5.32 Å². The maximum Gasteiger partial charge on any atom is 0.223 e. The van der Waals surface area contributed by atoms with Crippen LogP contribution in [-0.2, 0) is 4.79 Å². The van der Waals surface area contributed by atoms with Crippen LogP contribution in [0.5, 0.6) is 0 Å². The van der Waals surface area contributed by atoms with E-state index in [1.54, 1.807) is 0 Å². The summed E-state index contributed by atoms with van der Waals surface area (Å²) in [6.45, 7) is 6.26. The van der Waals surface area contributed by atoms with Gasteiger partial charge in [0.15, 0.2) is 0 Å². The van der Waals surface area contributed by atoms with Crippen molar-refractivity contribution in [2.24, 2.45) is 5.92 Å². The third-order valence-electron chi connectivity index (χ3n) is 3.73. The number of amides is 1. The second-order valence-electron chi connectivity index (χ2n) is 5.22. The summed E-state index contributed by atoms with van der Waals surface area (Å²) in [5.41, 5.74) is 3.75. The lowest BCUT2D eigenvalue weighted by atomic mass is 9.84. The molecular formula is C15H21NO. The molecule has 0 spiro atoms. The number of hydrogen-bond donors (Lipinski definition) is 1. The van der Waals surface area contributed by atoms with Gasteiger partial charge < -0.3 is 5.32 Å². The first-order valence-corrected chi connectivity index (χ1v) is 6.45. The van der Waals surface area contributed by atoms with Crippen molar-refractivity contribution >= 4 is 5.91 Å². The van der Waals surface area contributed by atoms with Crippen molar-refractivity contribution in [2.45, 2.75) is 46.1 Å². The standard InChI is InChI=1S/C15H21NO/c1-10-7-8-14(11(2)9-10)12(3)16-15(17)13-5-4-6-13/h7-9,12-13H,4-6H2,1-3H3,(H,16,17)/t12-/m1/s1. The van der Waals surface area contributed by atoms with Gasteiger partial charge in [0.2, 0.25) is 5.91 Å². The SMILES string of the molecule is Cc1ccc([C@@H](C)NC(=O)C2CCC2)c(C)c1. The van der Waals surface area contributed by atoms with E-state index in [0.717, 1.165) is 12.8 Å². The van der Waals surface area contributed by atoms with Gasteiger partial charge in [-0.1, -0.05) is 30.2 Å². The largest absolute Gasteiger partial charge is 0.349 e. The average molecular weight is 231 g/mol. The van der Waals surface area contributed by atoms with Crippen LogP contribution in [0.15, 0.2) is 18.2 Å². The number of aryl methyl sites for hydroxylation is 2. The maximum atomic E-state index is 11.9. The predicted octanol–water partition coefficient (Wildman–Crippen LogP) is 3.28. The molecule has 2 heteroatoms. The molecule has 0 heterocycles. The molecule has 1 N–H and O–H groups in total. The molecule has 1 aliphatic rings. The Morgan fingerprint density at radius 3 is 2.59 bits per heavy atom. The number of hydrogen-bond acceptors (Lipinski definition) is 1. The fourth-order valence-corrected chi connectivity index (χ4v) is 2.39. The van der Waals surface area contributed by atoms with Crippen LogP contribution in [-0.4, -0.2) is 5.91 Å². The Morgan fingerprint density at radius 1 is 1.35 bits per heavy atom. The number of benzene rings is 1. The summed E-state index contributed by atoms with van der Waals surface area (Å²) >= 11 is 0. The molecule has 0 unspecified atom stereocenters. The van der Waals surface area contributed by atoms with E-state index in [1.165, 1.54) is 23.1 Å². The minimum atomic E-state index is 0.115. The first kappa shape index (κ1) is 12.2. The fourth-order valence-electron chi connectivity index (χ4n) is 2.39.